The van der Waals surface area contributed by atoms with Gasteiger partial charge in [0.1, 0.15) is 0 Å². The molecule has 1 amide bonds. The Hall–Kier alpha value is -0.870. The number of thiophene rings is 1. The van der Waals surface area contributed by atoms with Crippen LogP contribution in [0.25, 0.3) is 0 Å². The molecule has 0 spiro atoms. The standard InChI is InChI=1S/C12H18N2OS/c1-9(10-5-7-16-8-10)14-6-3-4-11(13-2)12(14)15/h5,7-9,11,13H,3-4,6H2,1-2H3. The molecule has 0 radical (unpaired) electrons. The summed E-state index contributed by atoms with van der Waals surface area (Å²) in [6.07, 6.45) is 2.05. The molecule has 1 aromatic heterocycles. The highest BCUT2D eigenvalue weighted by Gasteiger charge is 2.30. The Labute approximate surface area is 100 Å². The first kappa shape index (κ1) is 11.6. The highest BCUT2D eigenvalue weighted by atomic mass is 32.1. The zero-order valence-corrected chi connectivity index (χ0v) is 10.6. The topological polar surface area (TPSA) is 32.3 Å². The van der Waals surface area contributed by atoms with Crippen LogP contribution >= 0.6 is 11.3 Å². The third-order valence-corrected chi connectivity index (χ3v) is 4.02. The first-order valence-electron chi connectivity index (χ1n) is 5.74. The fourth-order valence-electron chi connectivity index (χ4n) is 2.24. The molecule has 2 atom stereocenters. The van der Waals surface area contributed by atoms with Gasteiger partial charge in [-0.2, -0.15) is 11.3 Å². The van der Waals surface area contributed by atoms with Crippen LogP contribution in [0.3, 0.4) is 0 Å². The molecule has 0 saturated carbocycles. The summed E-state index contributed by atoms with van der Waals surface area (Å²) in [5.41, 5.74) is 1.25. The average Bonchev–Trinajstić information content (AvgIpc) is 2.82. The molecule has 1 aliphatic rings. The van der Waals surface area contributed by atoms with Crippen LogP contribution in [0.5, 0.6) is 0 Å². The molecule has 4 heteroatoms. The zero-order chi connectivity index (χ0) is 11.5. The second kappa shape index (κ2) is 4.97. The van der Waals surface area contributed by atoms with Gasteiger partial charge in [-0.05, 0) is 49.2 Å². The lowest BCUT2D eigenvalue weighted by molar-refractivity contribution is -0.138. The summed E-state index contributed by atoms with van der Waals surface area (Å²) in [5.74, 6) is 0.243. The molecule has 0 aromatic carbocycles. The summed E-state index contributed by atoms with van der Waals surface area (Å²) < 4.78 is 0. The van der Waals surface area contributed by atoms with Crippen LogP contribution in [0.2, 0.25) is 0 Å². The van der Waals surface area contributed by atoms with Gasteiger partial charge in [-0.15, -0.1) is 0 Å². The summed E-state index contributed by atoms with van der Waals surface area (Å²) in [4.78, 5) is 14.2. The number of hydrogen-bond acceptors (Lipinski definition) is 3. The van der Waals surface area contributed by atoms with Gasteiger partial charge in [-0.1, -0.05) is 0 Å². The summed E-state index contributed by atoms with van der Waals surface area (Å²) in [6, 6.07) is 2.32. The molecule has 16 heavy (non-hydrogen) atoms. The van der Waals surface area contributed by atoms with Crippen molar-refractivity contribution in [1.82, 2.24) is 10.2 Å². The Morgan fingerprint density at radius 3 is 3.06 bits per heavy atom. The Morgan fingerprint density at radius 2 is 2.44 bits per heavy atom. The summed E-state index contributed by atoms with van der Waals surface area (Å²) in [7, 11) is 1.86. The molecule has 0 aliphatic carbocycles. The maximum Gasteiger partial charge on any atom is 0.240 e. The number of carbonyl (C=O) groups is 1. The molecule has 1 N–H and O–H groups in total. The fraction of sp³-hybridized carbons (Fsp3) is 0.583. The van der Waals surface area contributed by atoms with Crippen molar-refractivity contribution < 1.29 is 4.79 Å². The second-order valence-corrected chi connectivity index (χ2v) is 5.03. The van der Waals surface area contributed by atoms with Crippen LogP contribution in [0.1, 0.15) is 31.4 Å². The number of likely N-dealkylation sites (tertiary alicyclic amines) is 1. The molecule has 1 fully saturated rings. The van der Waals surface area contributed by atoms with Gasteiger partial charge in [0.25, 0.3) is 0 Å². The van der Waals surface area contributed by atoms with Gasteiger partial charge in [0.15, 0.2) is 0 Å². The van der Waals surface area contributed by atoms with E-state index in [0.717, 1.165) is 19.4 Å². The van der Waals surface area contributed by atoms with E-state index in [0.29, 0.717) is 0 Å². The molecule has 1 aliphatic heterocycles. The Balaban J connectivity index is 2.11. The van der Waals surface area contributed by atoms with E-state index in [2.05, 4.69) is 29.1 Å². The van der Waals surface area contributed by atoms with Gasteiger partial charge < -0.3 is 10.2 Å². The minimum Gasteiger partial charge on any atom is -0.335 e. The lowest BCUT2D eigenvalue weighted by atomic mass is 10.0. The van der Waals surface area contributed by atoms with Crippen molar-refractivity contribution in [3.05, 3.63) is 22.4 Å². The number of rotatable bonds is 3. The molecule has 1 saturated heterocycles. The van der Waals surface area contributed by atoms with Crippen LogP contribution in [-0.2, 0) is 4.79 Å². The van der Waals surface area contributed by atoms with Crippen LogP contribution < -0.4 is 5.32 Å². The average molecular weight is 238 g/mol. The first-order valence-corrected chi connectivity index (χ1v) is 6.68. The van der Waals surface area contributed by atoms with Crippen molar-refractivity contribution in [3.8, 4) is 0 Å². The maximum atomic E-state index is 12.2. The van der Waals surface area contributed by atoms with E-state index in [9.17, 15) is 4.79 Å². The summed E-state index contributed by atoms with van der Waals surface area (Å²) in [5, 5.41) is 7.29. The van der Waals surface area contributed by atoms with Crippen LogP contribution in [0.15, 0.2) is 16.8 Å². The SMILES string of the molecule is CNC1CCCN(C(C)c2ccsc2)C1=O. The minimum atomic E-state index is 0.00911. The number of nitrogens with one attached hydrogen (secondary N) is 1. The Bertz CT molecular complexity index is 350. The van der Waals surface area contributed by atoms with E-state index >= 15 is 0 Å². The van der Waals surface area contributed by atoms with Crippen molar-refractivity contribution in [2.75, 3.05) is 13.6 Å². The molecular formula is C12H18N2OS. The number of carbonyl (C=O) groups excluding carboxylic acids is 1. The highest BCUT2D eigenvalue weighted by Crippen LogP contribution is 2.26. The van der Waals surface area contributed by atoms with Gasteiger partial charge in [0.05, 0.1) is 12.1 Å². The minimum absolute atomic E-state index is 0.00911. The summed E-state index contributed by atoms with van der Waals surface area (Å²) >= 11 is 1.69. The molecule has 0 bridgehead atoms. The monoisotopic (exact) mass is 238 g/mol. The van der Waals surface area contributed by atoms with Gasteiger partial charge in [-0.25, -0.2) is 0 Å². The number of nitrogens with zero attached hydrogens (tertiary/aromatic N) is 1. The number of hydrogen-bond donors (Lipinski definition) is 1. The van der Waals surface area contributed by atoms with Crippen LogP contribution in [0, 0.1) is 0 Å². The number of amides is 1. The summed E-state index contributed by atoms with van der Waals surface area (Å²) in [6.45, 7) is 2.99. The van der Waals surface area contributed by atoms with Gasteiger partial charge in [-0.3, -0.25) is 4.79 Å². The largest absolute Gasteiger partial charge is 0.335 e. The lowest BCUT2D eigenvalue weighted by Gasteiger charge is -2.36. The third kappa shape index (κ3) is 2.13. The number of likely N-dealkylation sites (N-methyl/N-ethyl adjacent to an activating group) is 1. The van der Waals surface area contributed by atoms with Gasteiger partial charge >= 0.3 is 0 Å². The quantitative estimate of drug-likeness (QED) is 0.873. The van der Waals surface area contributed by atoms with Crippen molar-refractivity contribution in [1.29, 1.82) is 0 Å². The lowest BCUT2D eigenvalue weighted by Crippen LogP contribution is -2.50. The predicted molar refractivity (Wildman–Crippen MR) is 66.5 cm³/mol. The fourth-order valence-corrected chi connectivity index (χ4v) is 2.99. The van der Waals surface area contributed by atoms with Crippen LogP contribution in [-0.4, -0.2) is 30.4 Å². The molecule has 2 rings (SSSR count). The first-order chi connectivity index (χ1) is 7.74. The molecule has 88 valence electrons. The van der Waals surface area contributed by atoms with Crippen molar-refractivity contribution in [2.24, 2.45) is 0 Å². The van der Waals surface area contributed by atoms with E-state index in [1.165, 1.54) is 5.56 Å². The molecule has 2 unspecified atom stereocenters. The predicted octanol–water partition coefficient (Wildman–Crippen LogP) is 2.02. The molecular weight excluding hydrogens is 220 g/mol. The zero-order valence-electron chi connectivity index (χ0n) is 9.77. The van der Waals surface area contributed by atoms with Crippen molar-refractivity contribution in [2.45, 2.75) is 31.8 Å². The smallest absolute Gasteiger partial charge is 0.240 e. The number of piperidine rings is 1. The maximum absolute atomic E-state index is 12.2. The molecule has 2 heterocycles. The van der Waals surface area contributed by atoms with E-state index in [4.69, 9.17) is 0 Å². The third-order valence-electron chi connectivity index (χ3n) is 3.31. The van der Waals surface area contributed by atoms with Gasteiger partial charge in [0, 0.05) is 6.54 Å². The van der Waals surface area contributed by atoms with Gasteiger partial charge in [0.2, 0.25) is 5.91 Å². The Morgan fingerprint density at radius 1 is 1.62 bits per heavy atom. The van der Waals surface area contributed by atoms with E-state index < -0.39 is 0 Å². The Kier molecular flexibility index (Phi) is 3.61. The van der Waals surface area contributed by atoms with E-state index in [1.807, 2.05) is 11.9 Å². The molecule has 3 nitrogen and oxygen atoms in total. The van der Waals surface area contributed by atoms with Crippen molar-refractivity contribution >= 4 is 17.2 Å². The van der Waals surface area contributed by atoms with E-state index in [-0.39, 0.29) is 18.0 Å². The highest BCUT2D eigenvalue weighted by molar-refractivity contribution is 7.07. The van der Waals surface area contributed by atoms with Crippen LogP contribution in [0.4, 0.5) is 0 Å². The van der Waals surface area contributed by atoms with Crippen molar-refractivity contribution in [3.63, 3.8) is 0 Å². The van der Waals surface area contributed by atoms with E-state index in [1.54, 1.807) is 11.3 Å². The normalized spacial score (nSPS) is 23.5. The molecule has 1 aromatic rings. The second-order valence-electron chi connectivity index (χ2n) is 4.25.